The van der Waals surface area contributed by atoms with E-state index >= 15 is 0 Å². The van der Waals surface area contributed by atoms with Gasteiger partial charge in [0.05, 0.1) is 6.61 Å². The largest absolute Gasteiger partial charge is 0.523 e. The molecule has 2 unspecified atom stereocenters. The summed E-state index contributed by atoms with van der Waals surface area (Å²) in [5, 5.41) is 0. The Morgan fingerprint density at radius 2 is 1.94 bits per heavy atom. The average molecular weight is 272 g/mol. The second-order valence-electron chi connectivity index (χ2n) is 6.46. The molecule has 106 valence electrons. The van der Waals surface area contributed by atoms with Crippen LogP contribution in [0.25, 0.3) is 0 Å². The Labute approximate surface area is 113 Å². The highest BCUT2D eigenvalue weighted by Gasteiger charge is 2.59. The summed E-state index contributed by atoms with van der Waals surface area (Å²) >= 11 is 0. The molecule has 4 nitrogen and oxygen atoms in total. The number of hydrogen-bond acceptors (Lipinski definition) is 4. The topological polar surface area (TPSA) is 24.9 Å². The van der Waals surface area contributed by atoms with Crippen molar-refractivity contribution in [1.29, 1.82) is 0 Å². The highest BCUT2D eigenvalue weighted by atomic mass is 28.4. The zero-order valence-electron chi connectivity index (χ0n) is 12.5. The summed E-state index contributed by atoms with van der Waals surface area (Å²) in [5.74, 6) is 0. The van der Waals surface area contributed by atoms with Gasteiger partial charge in [0.1, 0.15) is 0 Å². The lowest BCUT2D eigenvalue weighted by molar-refractivity contribution is 0.0746. The van der Waals surface area contributed by atoms with Crippen molar-refractivity contribution in [2.45, 2.75) is 58.5 Å². The lowest BCUT2D eigenvalue weighted by Crippen LogP contribution is -2.72. The van der Waals surface area contributed by atoms with Crippen LogP contribution < -0.4 is 0 Å². The summed E-state index contributed by atoms with van der Waals surface area (Å²) < 4.78 is 17.2. The summed E-state index contributed by atoms with van der Waals surface area (Å²) in [4.78, 5) is 0. The molecule has 2 fully saturated rings. The molecular formula is C13H28N2O2Si. The van der Waals surface area contributed by atoms with E-state index < -0.39 is 8.88 Å². The average Bonchev–Trinajstić information content (AvgIpc) is 2.74. The van der Waals surface area contributed by atoms with E-state index in [9.17, 15) is 0 Å². The molecule has 0 saturated carbocycles. The second-order valence-corrected chi connectivity index (χ2v) is 9.37. The second kappa shape index (κ2) is 5.21. The fraction of sp³-hybridized carbons (Fsp3) is 1.00. The smallest absolute Gasteiger partial charge is 0.374 e. The maximum Gasteiger partial charge on any atom is 0.523 e. The zero-order chi connectivity index (χ0) is 13.4. The first-order chi connectivity index (χ1) is 8.42. The minimum Gasteiger partial charge on any atom is -0.374 e. The number of piperidine rings is 1. The quantitative estimate of drug-likeness (QED) is 0.719. The van der Waals surface area contributed by atoms with Crippen molar-refractivity contribution in [3.63, 3.8) is 0 Å². The van der Waals surface area contributed by atoms with Crippen LogP contribution in [0.1, 0.15) is 47.0 Å². The predicted octanol–water partition coefficient (Wildman–Crippen LogP) is 2.07. The van der Waals surface area contributed by atoms with Gasteiger partial charge in [-0.05, 0) is 47.1 Å². The molecule has 0 aromatic carbocycles. The van der Waals surface area contributed by atoms with Gasteiger partial charge in [0.2, 0.25) is 0 Å². The van der Waals surface area contributed by atoms with E-state index in [1.54, 1.807) is 0 Å². The Hall–Kier alpha value is 0.0569. The third-order valence-corrected chi connectivity index (χ3v) is 8.27. The van der Waals surface area contributed by atoms with Crippen LogP contribution in [0.15, 0.2) is 0 Å². The fourth-order valence-electron chi connectivity index (χ4n) is 3.29. The Balaban J connectivity index is 2.28. The molecule has 5 heteroatoms. The van der Waals surface area contributed by atoms with Gasteiger partial charge in [0, 0.05) is 25.2 Å². The molecule has 2 heterocycles. The minimum atomic E-state index is -2.37. The number of hydrogen-bond donors (Lipinski definition) is 0. The van der Waals surface area contributed by atoms with Crippen LogP contribution >= 0.6 is 0 Å². The fourth-order valence-corrected chi connectivity index (χ4v) is 7.20. The van der Waals surface area contributed by atoms with Crippen molar-refractivity contribution in [3.05, 3.63) is 0 Å². The third kappa shape index (κ3) is 2.39. The van der Waals surface area contributed by atoms with Gasteiger partial charge >= 0.3 is 8.88 Å². The van der Waals surface area contributed by atoms with Crippen molar-refractivity contribution in [2.75, 3.05) is 26.8 Å². The number of nitrogens with zero attached hydrogens (tertiary/aromatic N) is 2. The molecule has 0 aromatic rings. The normalized spacial score (nSPS) is 36.2. The molecular weight excluding hydrogens is 244 g/mol. The van der Waals surface area contributed by atoms with E-state index in [4.69, 9.17) is 8.85 Å². The SMILES string of the molecule is CO[Si]1(N2CCCCC2C)OCCN1C(C)(C)C. The van der Waals surface area contributed by atoms with E-state index in [1.807, 2.05) is 7.11 Å². The summed E-state index contributed by atoms with van der Waals surface area (Å²) in [6.07, 6.45) is 3.87. The van der Waals surface area contributed by atoms with Crippen LogP contribution in [0.4, 0.5) is 0 Å². The molecule has 2 aliphatic heterocycles. The summed E-state index contributed by atoms with van der Waals surface area (Å²) in [6, 6.07) is 0.577. The van der Waals surface area contributed by atoms with Crippen molar-refractivity contribution >= 4 is 8.88 Å². The summed E-state index contributed by atoms with van der Waals surface area (Å²) in [7, 11) is -0.536. The molecule has 0 radical (unpaired) electrons. The zero-order valence-corrected chi connectivity index (χ0v) is 13.5. The van der Waals surface area contributed by atoms with Gasteiger partial charge in [-0.1, -0.05) is 6.42 Å². The van der Waals surface area contributed by atoms with E-state index in [0.717, 1.165) is 19.7 Å². The van der Waals surface area contributed by atoms with E-state index in [2.05, 4.69) is 36.8 Å². The molecule has 18 heavy (non-hydrogen) atoms. The van der Waals surface area contributed by atoms with Gasteiger partial charge in [-0.3, -0.25) is 9.13 Å². The Bertz CT molecular complexity index is 295. The molecule has 0 spiro atoms. The maximum absolute atomic E-state index is 6.21. The Morgan fingerprint density at radius 1 is 1.22 bits per heavy atom. The van der Waals surface area contributed by atoms with Crippen molar-refractivity contribution < 1.29 is 8.85 Å². The van der Waals surface area contributed by atoms with Crippen LogP contribution in [0.3, 0.4) is 0 Å². The van der Waals surface area contributed by atoms with Crippen LogP contribution in [-0.4, -0.2) is 56.4 Å². The highest BCUT2D eigenvalue weighted by molar-refractivity contribution is 6.62. The molecule has 0 bridgehead atoms. The predicted molar refractivity (Wildman–Crippen MR) is 75.2 cm³/mol. The summed E-state index contributed by atoms with van der Waals surface area (Å²) in [6.45, 7) is 12.0. The van der Waals surface area contributed by atoms with Crippen LogP contribution in [0.2, 0.25) is 0 Å². The Kier molecular flexibility index (Phi) is 4.19. The van der Waals surface area contributed by atoms with Gasteiger partial charge in [0.25, 0.3) is 0 Å². The third-order valence-electron chi connectivity index (χ3n) is 4.19. The monoisotopic (exact) mass is 272 g/mol. The van der Waals surface area contributed by atoms with Crippen molar-refractivity contribution in [1.82, 2.24) is 9.13 Å². The van der Waals surface area contributed by atoms with E-state index in [1.165, 1.54) is 19.3 Å². The molecule has 2 aliphatic rings. The van der Waals surface area contributed by atoms with Crippen LogP contribution in [0, 0.1) is 0 Å². The molecule has 0 aromatic heterocycles. The van der Waals surface area contributed by atoms with Gasteiger partial charge in [0.15, 0.2) is 0 Å². The van der Waals surface area contributed by atoms with Crippen molar-refractivity contribution in [2.24, 2.45) is 0 Å². The van der Waals surface area contributed by atoms with Gasteiger partial charge in [-0.25, -0.2) is 0 Å². The first-order valence-electron chi connectivity index (χ1n) is 7.15. The van der Waals surface area contributed by atoms with Crippen LogP contribution in [0.5, 0.6) is 0 Å². The Morgan fingerprint density at radius 3 is 2.50 bits per heavy atom. The first-order valence-corrected chi connectivity index (χ1v) is 8.86. The summed E-state index contributed by atoms with van der Waals surface area (Å²) in [5.41, 5.74) is 0.107. The molecule has 2 rings (SSSR count). The molecule has 2 atom stereocenters. The highest BCUT2D eigenvalue weighted by Crippen LogP contribution is 2.34. The van der Waals surface area contributed by atoms with E-state index in [0.29, 0.717) is 6.04 Å². The molecule has 0 N–H and O–H groups in total. The van der Waals surface area contributed by atoms with Crippen LogP contribution in [-0.2, 0) is 8.85 Å². The standard InChI is InChI=1S/C13H28N2O2Si/c1-12-8-6-7-9-14(12)18(16-5)15(10-11-17-18)13(2,3)4/h12H,6-11H2,1-5H3. The van der Waals surface area contributed by atoms with Gasteiger partial charge < -0.3 is 8.85 Å². The lowest BCUT2D eigenvalue weighted by atomic mass is 10.1. The minimum absolute atomic E-state index is 0.107. The van der Waals surface area contributed by atoms with Gasteiger partial charge in [-0.15, -0.1) is 0 Å². The molecule has 0 amide bonds. The number of rotatable bonds is 2. The maximum atomic E-state index is 6.21. The first kappa shape index (κ1) is 14.5. The van der Waals surface area contributed by atoms with E-state index in [-0.39, 0.29) is 5.54 Å². The molecule has 0 aliphatic carbocycles. The van der Waals surface area contributed by atoms with Gasteiger partial charge in [-0.2, -0.15) is 0 Å². The molecule has 2 saturated heterocycles. The lowest BCUT2D eigenvalue weighted by Gasteiger charge is -2.49. The van der Waals surface area contributed by atoms with Crippen molar-refractivity contribution in [3.8, 4) is 0 Å².